The number of fused-ring (bicyclic) bond motifs is 3. The van der Waals surface area contributed by atoms with Gasteiger partial charge in [0.2, 0.25) is 0 Å². The number of aliphatic carboxylic acids is 1. The Labute approximate surface area is 199 Å². The van der Waals surface area contributed by atoms with Gasteiger partial charge in [-0.05, 0) is 61.6 Å². The third-order valence-electron chi connectivity index (χ3n) is 7.72. The number of carboxylic acid groups (broad SMARTS) is 1. The molecule has 1 aliphatic heterocycles. The molecule has 1 fully saturated rings. The summed E-state index contributed by atoms with van der Waals surface area (Å²) in [4.78, 5) is 16.2. The van der Waals surface area contributed by atoms with Crippen LogP contribution in [0.4, 0.5) is 13.2 Å². The van der Waals surface area contributed by atoms with Gasteiger partial charge in [0, 0.05) is 19.6 Å². The van der Waals surface area contributed by atoms with E-state index in [4.69, 9.17) is 25.4 Å². The second-order valence-corrected chi connectivity index (χ2v) is 9.83. The molecule has 1 saturated carbocycles. The van der Waals surface area contributed by atoms with Crippen molar-refractivity contribution in [1.29, 1.82) is 0 Å². The number of rotatable bonds is 5. The SMILES string of the molecule is CCCCCc1ccc2c(c1)C1(CN(C)C(N)=N1)C1(CCC(OC)CC1)C2.O=C(O)C(F)(F)F. The van der Waals surface area contributed by atoms with Gasteiger partial charge in [0.15, 0.2) is 5.96 Å². The normalized spacial score (nSPS) is 28.0. The van der Waals surface area contributed by atoms with Gasteiger partial charge in [0.1, 0.15) is 5.54 Å². The molecular formula is C25H36F3N3O3. The summed E-state index contributed by atoms with van der Waals surface area (Å²) >= 11 is 0. The van der Waals surface area contributed by atoms with E-state index >= 15 is 0 Å². The number of methoxy groups -OCH3 is 1. The first-order chi connectivity index (χ1) is 16.0. The van der Waals surface area contributed by atoms with Crippen molar-refractivity contribution in [3.8, 4) is 0 Å². The van der Waals surface area contributed by atoms with Gasteiger partial charge in [-0.25, -0.2) is 9.79 Å². The van der Waals surface area contributed by atoms with Crippen LogP contribution in [0.2, 0.25) is 0 Å². The van der Waals surface area contributed by atoms with E-state index < -0.39 is 12.1 Å². The third-order valence-corrected chi connectivity index (χ3v) is 7.72. The zero-order chi connectivity index (χ0) is 25.1. The number of ether oxygens (including phenoxy) is 1. The summed E-state index contributed by atoms with van der Waals surface area (Å²) in [5.74, 6) is -2.06. The fourth-order valence-electron chi connectivity index (χ4n) is 5.84. The number of hydrogen-bond acceptors (Lipinski definition) is 5. The van der Waals surface area contributed by atoms with Crippen LogP contribution in [0.15, 0.2) is 23.2 Å². The molecule has 1 atom stereocenters. The van der Waals surface area contributed by atoms with Crippen molar-refractivity contribution in [3.05, 3.63) is 34.9 Å². The summed E-state index contributed by atoms with van der Waals surface area (Å²) in [7, 11) is 3.94. The molecule has 1 aromatic carbocycles. The average molecular weight is 484 g/mol. The molecule has 34 heavy (non-hydrogen) atoms. The lowest BCUT2D eigenvalue weighted by molar-refractivity contribution is -0.192. The highest BCUT2D eigenvalue weighted by Crippen LogP contribution is 2.61. The topological polar surface area (TPSA) is 88.1 Å². The Morgan fingerprint density at radius 2 is 1.94 bits per heavy atom. The molecule has 0 amide bonds. The number of alkyl halides is 3. The number of aliphatic imine (C=N–C) groups is 1. The van der Waals surface area contributed by atoms with Gasteiger partial charge in [-0.1, -0.05) is 38.0 Å². The minimum absolute atomic E-state index is 0.166. The second-order valence-electron chi connectivity index (χ2n) is 9.83. The van der Waals surface area contributed by atoms with Gasteiger partial charge < -0.3 is 20.5 Å². The highest BCUT2D eigenvalue weighted by atomic mass is 19.4. The van der Waals surface area contributed by atoms with Crippen molar-refractivity contribution in [1.82, 2.24) is 4.90 Å². The zero-order valence-corrected chi connectivity index (χ0v) is 20.2. The minimum atomic E-state index is -5.08. The largest absolute Gasteiger partial charge is 0.490 e. The van der Waals surface area contributed by atoms with Crippen molar-refractivity contribution in [2.24, 2.45) is 16.1 Å². The lowest BCUT2D eigenvalue weighted by atomic mass is 9.61. The Balaban J connectivity index is 0.000000406. The summed E-state index contributed by atoms with van der Waals surface area (Å²) in [6.45, 7) is 3.19. The van der Waals surface area contributed by atoms with E-state index in [9.17, 15) is 13.2 Å². The molecule has 0 aromatic heterocycles. The summed E-state index contributed by atoms with van der Waals surface area (Å²) in [6.07, 6.45) is 6.09. The first-order valence-corrected chi connectivity index (χ1v) is 12.0. The van der Waals surface area contributed by atoms with E-state index in [1.165, 1.54) is 55.2 Å². The van der Waals surface area contributed by atoms with Gasteiger partial charge in [-0.3, -0.25) is 0 Å². The highest BCUT2D eigenvalue weighted by molar-refractivity contribution is 5.81. The van der Waals surface area contributed by atoms with E-state index in [0.29, 0.717) is 12.1 Å². The van der Waals surface area contributed by atoms with Crippen molar-refractivity contribution in [3.63, 3.8) is 0 Å². The van der Waals surface area contributed by atoms with E-state index in [1.54, 1.807) is 0 Å². The number of carboxylic acids is 1. The van der Waals surface area contributed by atoms with Crippen molar-refractivity contribution in [2.45, 2.75) is 82.5 Å². The quantitative estimate of drug-likeness (QED) is 0.596. The van der Waals surface area contributed by atoms with Crippen LogP contribution in [0.25, 0.3) is 0 Å². The molecule has 1 heterocycles. The fraction of sp³-hybridized carbons (Fsp3) is 0.680. The number of unbranched alkanes of at least 4 members (excludes halogenated alkanes) is 2. The van der Waals surface area contributed by atoms with Gasteiger partial charge in [-0.15, -0.1) is 0 Å². The number of nitrogens with two attached hydrogens (primary N) is 1. The van der Waals surface area contributed by atoms with Gasteiger partial charge >= 0.3 is 12.1 Å². The molecule has 0 saturated heterocycles. The molecule has 3 N–H and O–H groups in total. The molecule has 2 aliphatic carbocycles. The maximum atomic E-state index is 10.6. The number of guanidine groups is 1. The fourth-order valence-corrected chi connectivity index (χ4v) is 5.84. The number of likely N-dealkylation sites (N-methyl/N-ethyl adjacent to an activating group) is 1. The van der Waals surface area contributed by atoms with Crippen molar-refractivity contribution < 1.29 is 27.8 Å². The van der Waals surface area contributed by atoms with Crippen LogP contribution in [0.3, 0.4) is 0 Å². The third kappa shape index (κ3) is 5.04. The Kier molecular flexibility index (Phi) is 7.85. The molecule has 4 rings (SSSR count). The second kappa shape index (κ2) is 10.1. The van der Waals surface area contributed by atoms with Gasteiger partial charge in [0.05, 0.1) is 12.6 Å². The molecule has 0 bridgehead atoms. The number of carbonyl (C=O) groups is 1. The minimum Gasteiger partial charge on any atom is -0.475 e. The van der Waals surface area contributed by atoms with E-state index in [2.05, 4.69) is 37.1 Å². The Hall–Kier alpha value is -2.29. The molecule has 1 unspecified atom stereocenters. The number of aryl methyl sites for hydroxylation is 1. The molecule has 6 nitrogen and oxygen atoms in total. The van der Waals surface area contributed by atoms with E-state index in [0.717, 1.165) is 25.8 Å². The predicted octanol–water partition coefficient (Wildman–Crippen LogP) is 4.64. The van der Waals surface area contributed by atoms with Crippen LogP contribution < -0.4 is 5.73 Å². The van der Waals surface area contributed by atoms with Crippen molar-refractivity contribution >= 4 is 11.9 Å². The molecule has 9 heteroatoms. The maximum Gasteiger partial charge on any atom is 0.490 e. The Morgan fingerprint density at radius 3 is 2.44 bits per heavy atom. The predicted molar refractivity (Wildman–Crippen MR) is 125 cm³/mol. The zero-order valence-electron chi connectivity index (χ0n) is 20.2. The van der Waals surface area contributed by atoms with Crippen LogP contribution in [-0.2, 0) is 27.9 Å². The molecular weight excluding hydrogens is 447 g/mol. The van der Waals surface area contributed by atoms with E-state index in [-0.39, 0.29) is 11.0 Å². The number of benzene rings is 1. The molecule has 1 aromatic rings. The monoisotopic (exact) mass is 483 g/mol. The van der Waals surface area contributed by atoms with Crippen LogP contribution in [0, 0.1) is 5.41 Å². The Morgan fingerprint density at radius 1 is 1.29 bits per heavy atom. The molecule has 2 spiro atoms. The number of nitrogens with zero attached hydrogens (tertiary/aromatic N) is 2. The summed E-state index contributed by atoms with van der Waals surface area (Å²) in [5.41, 5.74) is 10.8. The van der Waals surface area contributed by atoms with Crippen LogP contribution >= 0.6 is 0 Å². The van der Waals surface area contributed by atoms with Crippen LogP contribution in [-0.4, -0.2) is 54.9 Å². The molecule has 3 aliphatic rings. The van der Waals surface area contributed by atoms with Crippen LogP contribution in [0.5, 0.6) is 0 Å². The lowest BCUT2D eigenvalue weighted by Gasteiger charge is -2.46. The highest BCUT2D eigenvalue weighted by Gasteiger charge is 2.61. The van der Waals surface area contributed by atoms with Crippen molar-refractivity contribution in [2.75, 3.05) is 20.7 Å². The summed E-state index contributed by atoms with van der Waals surface area (Å²) < 4.78 is 37.4. The average Bonchev–Trinajstić information content (AvgIpc) is 3.22. The smallest absolute Gasteiger partial charge is 0.475 e. The summed E-state index contributed by atoms with van der Waals surface area (Å²) in [6, 6.07) is 7.21. The first-order valence-electron chi connectivity index (χ1n) is 12.0. The lowest BCUT2D eigenvalue weighted by Crippen LogP contribution is -2.47. The standard InChI is InChI=1S/C23H35N3O.C2HF3O2/c1-4-5-6-7-17-8-9-18-15-22(12-10-19(27-3)11-13-22)23(20(18)14-17)16-26(2)21(24)25-23;3-2(4,5)1(6)7/h8-9,14,19H,4-7,10-13,15-16H2,1-3H3,(H2,24,25);(H,6,7). The first kappa shape index (κ1) is 26.3. The van der Waals surface area contributed by atoms with Crippen LogP contribution in [0.1, 0.15) is 68.6 Å². The summed E-state index contributed by atoms with van der Waals surface area (Å²) in [5, 5.41) is 7.12. The number of hydrogen-bond donors (Lipinski definition) is 2. The molecule has 190 valence electrons. The van der Waals surface area contributed by atoms with E-state index in [1.807, 2.05) is 7.11 Å². The number of halogens is 3. The Bertz CT molecular complexity index is 910. The molecule has 0 radical (unpaired) electrons. The van der Waals surface area contributed by atoms with Gasteiger partial charge in [0.25, 0.3) is 0 Å². The maximum absolute atomic E-state index is 10.6. The van der Waals surface area contributed by atoms with Gasteiger partial charge in [-0.2, -0.15) is 13.2 Å².